The molecule has 0 saturated carbocycles. The molecule has 0 fully saturated rings. The number of carbonyl (C=O) groups excluding carboxylic acids is 1. The van der Waals surface area contributed by atoms with Crippen molar-refractivity contribution >= 4 is 17.5 Å². The highest BCUT2D eigenvalue weighted by Gasteiger charge is 2.19. The molecule has 4 nitrogen and oxygen atoms in total. The summed E-state index contributed by atoms with van der Waals surface area (Å²) in [5, 5.41) is 3.54. The molecular formula is C16H25ClN2O2. The van der Waals surface area contributed by atoms with E-state index in [-0.39, 0.29) is 18.0 Å². The van der Waals surface area contributed by atoms with Crippen LogP contribution in [0.4, 0.5) is 0 Å². The summed E-state index contributed by atoms with van der Waals surface area (Å²) in [6.45, 7) is 7.66. The van der Waals surface area contributed by atoms with E-state index in [1.165, 1.54) is 0 Å². The molecule has 1 aromatic carbocycles. The number of halogens is 1. The molecule has 0 radical (unpaired) electrons. The van der Waals surface area contributed by atoms with E-state index in [1.807, 2.05) is 13.8 Å². The fraction of sp³-hybridized carbons (Fsp3) is 0.562. The number of ether oxygens (including phenoxy) is 1. The van der Waals surface area contributed by atoms with Gasteiger partial charge in [-0.25, -0.2) is 0 Å². The van der Waals surface area contributed by atoms with E-state index in [0.717, 1.165) is 18.4 Å². The molecule has 0 bridgehead atoms. The standard InChI is InChI=1S/C16H25ClN2O2/c1-5-6-10(2)19-16(20)12(4)21-15-8-7-13(17)9-14(15)11(3)18/h7-12H,5-6,18H2,1-4H3,(H,19,20). The van der Waals surface area contributed by atoms with Gasteiger partial charge in [-0.1, -0.05) is 24.9 Å². The highest BCUT2D eigenvalue weighted by Crippen LogP contribution is 2.28. The topological polar surface area (TPSA) is 64.3 Å². The van der Waals surface area contributed by atoms with Crippen LogP contribution < -0.4 is 15.8 Å². The van der Waals surface area contributed by atoms with Crippen molar-refractivity contribution in [2.45, 2.75) is 58.7 Å². The number of rotatable bonds is 7. The number of hydrogen-bond donors (Lipinski definition) is 2. The van der Waals surface area contributed by atoms with E-state index < -0.39 is 6.10 Å². The van der Waals surface area contributed by atoms with Gasteiger partial charge < -0.3 is 15.8 Å². The first-order valence-corrected chi connectivity index (χ1v) is 7.75. The molecule has 0 heterocycles. The zero-order valence-corrected chi connectivity index (χ0v) is 13.9. The number of amides is 1. The molecule has 0 aliphatic rings. The summed E-state index contributed by atoms with van der Waals surface area (Å²) in [5.41, 5.74) is 6.71. The van der Waals surface area contributed by atoms with Crippen molar-refractivity contribution in [2.75, 3.05) is 0 Å². The molecule has 3 atom stereocenters. The summed E-state index contributed by atoms with van der Waals surface area (Å²) < 4.78 is 5.75. The molecular weight excluding hydrogens is 288 g/mol. The average Bonchev–Trinajstić information content (AvgIpc) is 2.40. The first-order valence-electron chi connectivity index (χ1n) is 7.37. The summed E-state index contributed by atoms with van der Waals surface area (Å²) in [4.78, 5) is 12.1. The summed E-state index contributed by atoms with van der Waals surface area (Å²) in [6, 6.07) is 5.18. The number of carbonyl (C=O) groups is 1. The summed E-state index contributed by atoms with van der Waals surface area (Å²) in [7, 11) is 0. The minimum absolute atomic E-state index is 0.124. The largest absolute Gasteiger partial charge is 0.481 e. The molecule has 3 N–H and O–H groups in total. The zero-order chi connectivity index (χ0) is 16.0. The maximum Gasteiger partial charge on any atom is 0.260 e. The highest BCUT2D eigenvalue weighted by atomic mass is 35.5. The minimum atomic E-state index is -0.581. The Morgan fingerprint density at radius 3 is 2.62 bits per heavy atom. The highest BCUT2D eigenvalue weighted by molar-refractivity contribution is 6.30. The van der Waals surface area contributed by atoms with Gasteiger partial charge in [-0.2, -0.15) is 0 Å². The number of hydrogen-bond acceptors (Lipinski definition) is 3. The minimum Gasteiger partial charge on any atom is -0.481 e. The first kappa shape index (κ1) is 17.8. The van der Waals surface area contributed by atoms with Crippen LogP contribution in [0.3, 0.4) is 0 Å². The summed E-state index contributed by atoms with van der Waals surface area (Å²) >= 11 is 5.97. The van der Waals surface area contributed by atoms with Crippen LogP contribution in [0, 0.1) is 0 Å². The van der Waals surface area contributed by atoms with Gasteiger partial charge >= 0.3 is 0 Å². The Kier molecular flexibility index (Phi) is 6.99. The fourth-order valence-electron chi connectivity index (χ4n) is 2.09. The second-order valence-electron chi connectivity index (χ2n) is 5.43. The van der Waals surface area contributed by atoms with Gasteiger partial charge in [0, 0.05) is 22.7 Å². The van der Waals surface area contributed by atoms with Gasteiger partial charge in [0.05, 0.1) is 0 Å². The van der Waals surface area contributed by atoms with Crippen LogP contribution in [0.25, 0.3) is 0 Å². The summed E-state index contributed by atoms with van der Waals surface area (Å²) in [6.07, 6.45) is 1.40. The van der Waals surface area contributed by atoms with Crippen LogP contribution in [-0.2, 0) is 4.79 Å². The van der Waals surface area contributed by atoms with Crippen molar-refractivity contribution in [2.24, 2.45) is 5.73 Å². The third-order valence-electron chi connectivity index (χ3n) is 3.25. The molecule has 3 unspecified atom stereocenters. The quantitative estimate of drug-likeness (QED) is 0.810. The van der Waals surface area contributed by atoms with Crippen LogP contribution in [0.2, 0.25) is 5.02 Å². The molecule has 5 heteroatoms. The monoisotopic (exact) mass is 312 g/mol. The second-order valence-corrected chi connectivity index (χ2v) is 5.87. The van der Waals surface area contributed by atoms with Crippen molar-refractivity contribution in [1.82, 2.24) is 5.32 Å². The lowest BCUT2D eigenvalue weighted by Crippen LogP contribution is -2.41. The molecule has 1 amide bonds. The van der Waals surface area contributed by atoms with Crippen LogP contribution in [0.1, 0.15) is 52.1 Å². The van der Waals surface area contributed by atoms with Gasteiger partial charge in [0.1, 0.15) is 5.75 Å². The Morgan fingerprint density at radius 1 is 1.38 bits per heavy atom. The van der Waals surface area contributed by atoms with E-state index in [2.05, 4.69) is 12.2 Å². The molecule has 0 aliphatic carbocycles. The fourth-order valence-corrected chi connectivity index (χ4v) is 2.27. The van der Waals surface area contributed by atoms with Crippen molar-refractivity contribution in [3.05, 3.63) is 28.8 Å². The lowest BCUT2D eigenvalue weighted by molar-refractivity contribution is -0.127. The van der Waals surface area contributed by atoms with Gasteiger partial charge in [-0.15, -0.1) is 0 Å². The predicted molar refractivity (Wildman–Crippen MR) is 86.7 cm³/mol. The average molecular weight is 313 g/mol. The molecule has 0 spiro atoms. The number of benzene rings is 1. The van der Waals surface area contributed by atoms with Gasteiger partial charge in [0.15, 0.2) is 6.10 Å². The Morgan fingerprint density at radius 2 is 2.05 bits per heavy atom. The molecule has 118 valence electrons. The SMILES string of the molecule is CCCC(C)NC(=O)C(C)Oc1ccc(Cl)cc1C(C)N. The molecule has 1 aromatic rings. The maximum atomic E-state index is 12.1. The van der Waals surface area contributed by atoms with E-state index >= 15 is 0 Å². The third kappa shape index (κ3) is 5.56. The van der Waals surface area contributed by atoms with Crippen LogP contribution >= 0.6 is 11.6 Å². The van der Waals surface area contributed by atoms with Crippen molar-refractivity contribution in [3.63, 3.8) is 0 Å². The molecule has 1 rings (SSSR count). The third-order valence-corrected chi connectivity index (χ3v) is 3.48. The van der Waals surface area contributed by atoms with Gasteiger partial charge in [0.2, 0.25) is 0 Å². The smallest absolute Gasteiger partial charge is 0.260 e. The molecule has 0 aliphatic heterocycles. The van der Waals surface area contributed by atoms with Crippen molar-refractivity contribution in [3.8, 4) is 5.75 Å². The normalized spacial score (nSPS) is 15.1. The number of nitrogens with two attached hydrogens (primary N) is 1. The Labute approximate surface area is 132 Å². The maximum absolute atomic E-state index is 12.1. The first-order chi connectivity index (χ1) is 9.85. The van der Waals surface area contributed by atoms with Crippen LogP contribution in [-0.4, -0.2) is 18.1 Å². The van der Waals surface area contributed by atoms with Crippen molar-refractivity contribution in [1.29, 1.82) is 0 Å². The number of nitrogens with one attached hydrogen (secondary N) is 1. The van der Waals surface area contributed by atoms with E-state index in [4.69, 9.17) is 22.1 Å². The second kappa shape index (κ2) is 8.25. The Bertz CT molecular complexity index is 477. The van der Waals surface area contributed by atoms with Crippen LogP contribution in [0.15, 0.2) is 18.2 Å². The van der Waals surface area contributed by atoms with Gasteiger partial charge in [-0.05, 0) is 45.4 Å². The molecule has 0 saturated heterocycles. The van der Waals surface area contributed by atoms with E-state index in [9.17, 15) is 4.79 Å². The Balaban J connectivity index is 2.74. The van der Waals surface area contributed by atoms with Gasteiger partial charge in [0.25, 0.3) is 5.91 Å². The lowest BCUT2D eigenvalue weighted by atomic mass is 10.1. The Hall–Kier alpha value is -1.26. The zero-order valence-electron chi connectivity index (χ0n) is 13.2. The summed E-state index contributed by atoms with van der Waals surface area (Å²) in [5.74, 6) is 0.474. The van der Waals surface area contributed by atoms with E-state index in [0.29, 0.717) is 10.8 Å². The van der Waals surface area contributed by atoms with E-state index in [1.54, 1.807) is 25.1 Å². The predicted octanol–water partition coefficient (Wildman–Crippen LogP) is 3.43. The molecule has 0 aromatic heterocycles. The lowest BCUT2D eigenvalue weighted by Gasteiger charge is -2.21. The van der Waals surface area contributed by atoms with Gasteiger partial charge in [-0.3, -0.25) is 4.79 Å². The van der Waals surface area contributed by atoms with Crippen molar-refractivity contribution < 1.29 is 9.53 Å². The molecule has 21 heavy (non-hydrogen) atoms. The van der Waals surface area contributed by atoms with Crippen LogP contribution in [0.5, 0.6) is 5.75 Å².